The van der Waals surface area contributed by atoms with Crippen LogP contribution in [0.15, 0.2) is 30.6 Å². The first-order valence-electron chi connectivity index (χ1n) is 5.21. The molecule has 0 fully saturated rings. The summed E-state index contributed by atoms with van der Waals surface area (Å²) in [7, 11) is 0. The van der Waals surface area contributed by atoms with Gasteiger partial charge in [-0.2, -0.15) is 5.10 Å². The van der Waals surface area contributed by atoms with Crippen LogP contribution in [0.4, 0.5) is 8.78 Å². The van der Waals surface area contributed by atoms with Crippen molar-refractivity contribution in [1.82, 2.24) is 9.78 Å². The average molecular weight is 238 g/mol. The lowest BCUT2D eigenvalue weighted by Gasteiger charge is -2.05. The third-order valence-electron chi connectivity index (χ3n) is 2.52. The number of halogens is 2. The van der Waals surface area contributed by atoms with Gasteiger partial charge in [0.05, 0.1) is 18.8 Å². The molecule has 1 aromatic carbocycles. The van der Waals surface area contributed by atoms with Crippen molar-refractivity contribution in [3.63, 3.8) is 0 Å². The number of aromatic nitrogens is 2. The fourth-order valence-corrected chi connectivity index (χ4v) is 1.53. The highest BCUT2D eigenvalue weighted by molar-refractivity contribution is 5.20. The van der Waals surface area contributed by atoms with Crippen LogP contribution in [0, 0.1) is 11.6 Å². The van der Waals surface area contributed by atoms with E-state index in [4.69, 9.17) is 0 Å². The molecule has 1 heterocycles. The van der Waals surface area contributed by atoms with E-state index in [2.05, 4.69) is 5.10 Å². The van der Waals surface area contributed by atoms with Crippen LogP contribution in [-0.2, 0) is 6.54 Å². The number of rotatable bonds is 3. The second-order valence-electron chi connectivity index (χ2n) is 3.85. The van der Waals surface area contributed by atoms with Crippen LogP contribution in [0.3, 0.4) is 0 Å². The molecule has 1 N–H and O–H groups in total. The van der Waals surface area contributed by atoms with Gasteiger partial charge in [0, 0.05) is 17.3 Å². The van der Waals surface area contributed by atoms with Gasteiger partial charge in [-0.05, 0) is 19.1 Å². The second-order valence-corrected chi connectivity index (χ2v) is 3.85. The largest absolute Gasteiger partial charge is 0.389 e. The van der Waals surface area contributed by atoms with Crippen LogP contribution >= 0.6 is 0 Å². The molecule has 0 spiro atoms. The summed E-state index contributed by atoms with van der Waals surface area (Å²) in [4.78, 5) is 0. The molecule has 0 aliphatic rings. The van der Waals surface area contributed by atoms with E-state index in [0.29, 0.717) is 5.56 Å². The Morgan fingerprint density at radius 2 is 2.00 bits per heavy atom. The monoisotopic (exact) mass is 238 g/mol. The first-order chi connectivity index (χ1) is 8.08. The van der Waals surface area contributed by atoms with E-state index < -0.39 is 17.7 Å². The third kappa shape index (κ3) is 2.50. The minimum atomic E-state index is -0.644. The maximum Gasteiger partial charge on any atom is 0.131 e. The highest BCUT2D eigenvalue weighted by Gasteiger charge is 2.10. The molecule has 0 aliphatic heterocycles. The highest BCUT2D eigenvalue weighted by atomic mass is 19.1. The molecule has 2 aromatic rings. The predicted octanol–water partition coefficient (Wildman–Crippen LogP) is 2.26. The molecule has 0 aliphatic carbocycles. The number of nitrogens with zero attached hydrogens (tertiary/aromatic N) is 2. The maximum atomic E-state index is 13.4. The van der Waals surface area contributed by atoms with Crippen LogP contribution < -0.4 is 0 Å². The highest BCUT2D eigenvalue weighted by Crippen LogP contribution is 2.15. The predicted molar refractivity (Wildman–Crippen MR) is 58.3 cm³/mol. The molecule has 1 unspecified atom stereocenters. The van der Waals surface area contributed by atoms with Gasteiger partial charge in [-0.1, -0.05) is 6.07 Å². The van der Waals surface area contributed by atoms with E-state index in [1.54, 1.807) is 13.1 Å². The smallest absolute Gasteiger partial charge is 0.131 e. The minimum Gasteiger partial charge on any atom is -0.389 e. The molecule has 0 amide bonds. The van der Waals surface area contributed by atoms with Gasteiger partial charge in [0.2, 0.25) is 0 Å². The van der Waals surface area contributed by atoms with Crippen molar-refractivity contribution in [1.29, 1.82) is 0 Å². The van der Waals surface area contributed by atoms with Crippen molar-refractivity contribution >= 4 is 0 Å². The fourth-order valence-electron chi connectivity index (χ4n) is 1.53. The van der Waals surface area contributed by atoms with E-state index >= 15 is 0 Å². The summed E-state index contributed by atoms with van der Waals surface area (Å²) in [5, 5.41) is 13.2. The topological polar surface area (TPSA) is 38.1 Å². The first-order valence-corrected chi connectivity index (χ1v) is 5.21. The molecule has 3 nitrogen and oxygen atoms in total. The van der Waals surface area contributed by atoms with E-state index in [9.17, 15) is 13.9 Å². The summed E-state index contributed by atoms with van der Waals surface area (Å²) < 4.78 is 28.1. The molecular formula is C12H12F2N2O. The van der Waals surface area contributed by atoms with Crippen LogP contribution in [0.1, 0.15) is 24.2 Å². The standard InChI is InChI=1S/C12H12F2N2O/c1-8(17)9-5-15-16(6-9)7-10-11(13)3-2-4-12(10)14/h2-6,8,17H,7H2,1H3. The Morgan fingerprint density at radius 3 is 2.53 bits per heavy atom. The zero-order chi connectivity index (χ0) is 12.4. The van der Waals surface area contributed by atoms with Gasteiger partial charge in [-0.25, -0.2) is 8.78 Å². The molecule has 0 saturated heterocycles. The lowest BCUT2D eigenvalue weighted by atomic mass is 10.2. The Bertz CT molecular complexity index is 503. The molecule has 0 bridgehead atoms. The molecular weight excluding hydrogens is 226 g/mol. The molecule has 90 valence electrons. The number of hydrogen-bond acceptors (Lipinski definition) is 2. The van der Waals surface area contributed by atoms with E-state index in [-0.39, 0.29) is 12.1 Å². The Balaban J connectivity index is 2.25. The van der Waals surface area contributed by atoms with Crippen LogP contribution in [0.25, 0.3) is 0 Å². The van der Waals surface area contributed by atoms with Gasteiger partial charge in [0.1, 0.15) is 11.6 Å². The second kappa shape index (κ2) is 4.63. The van der Waals surface area contributed by atoms with Crippen molar-refractivity contribution in [3.05, 3.63) is 53.4 Å². The Hall–Kier alpha value is -1.75. The Kier molecular flexibility index (Phi) is 3.19. The van der Waals surface area contributed by atoms with Gasteiger partial charge in [0.15, 0.2) is 0 Å². The molecule has 0 radical (unpaired) electrons. The average Bonchev–Trinajstić information content (AvgIpc) is 2.72. The van der Waals surface area contributed by atoms with Gasteiger partial charge >= 0.3 is 0 Å². The molecule has 5 heteroatoms. The van der Waals surface area contributed by atoms with Crippen molar-refractivity contribution in [2.75, 3.05) is 0 Å². The molecule has 1 aromatic heterocycles. The zero-order valence-corrected chi connectivity index (χ0v) is 9.27. The Morgan fingerprint density at radius 1 is 1.35 bits per heavy atom. The van der Waals surface area contributed by atoms with E-state index in [1.165, 1.54) is 29.1 Å². The SMILES string of the molecule is CC(O)c1cnn(Cc2c(F)cccc2F)c1. The van der Waals surface area contributed by atoms with Crippen LogP contribution in [0.2, 0.25) is 0 Å². The summed E-state index contributed by atoms with van der Waals surface area (Å²) >= 11 is 0. The van der Waals surface area contributed by atoms with Gasteiger partial charge in [-0.15, -0.1) is 0 Å². The van der Waals surface area contributed by atoms with Crippen LogP contribution in [-0.4, -0.2) is 14.9 Å². The van der Waals surface area contributed by atoms with Gasteiger partial charge < -0.3 is 5.11 Å². The lowest BCUT2D eigenvalue weighted by molar-refractivity contribution is 0.199. The number of benzene rings is 1. The lowest BCUT2D eigenvalue weighted by Crippen LogP contribution is -2.05. The summed E-state index contributed by atoms with van der Waals surface area (Å²) in [5.74, 6) is -1.20. The summed E-state index contributed by atoms with van der Waals surface area (Å²) in [6.45, 7) is 1.61. The van der Waals surface area contributed by atoms with Crippen LogP contribution in [0.5, 0.6) is 0 Å². The Labute approximate surface area is 97.3 Å². The molecule has 1 atom stereocenters. The zero-order valence-electron chi connectivity index (χ0n) is 9.27. The van der Waals surface area contributed by atoms with E-state index in [1.807, 2.05) is 0 Å². The summed E-state index contributed by atoms with van der Waals surface area (Å²) in [6.07, 6.45) is 2.40. The number of hydrogen-bond donors (Lipinski definition) is 1. The van der Waals surface area contributed by atoms with Crippen molar-refractivity contribution in [2.45, 2.75) is 19.6 Å². The quantitative estimate of drug-likeness (QED) is 0.890. The van der Waals surface area contributed by atoms with Crippen molar-refractivity contribution in [3.8, 4) is 0 Å². The maximum absolute atomic E-state index is 13.4. The number of aliphatic hydroxyl groups is 1. The summed E-state index contributed by atoms with van der Waals surface area (Å²) in [5.41, 5.74) is 0.578. The normalized spacial score (nSPS) is 12.7. The third-order valence-corrected chi connectivity index (χ3v) is 2.52. The fraction of sp³-hybridized carbons (Fsp3) is 0.250. The van der Waals surface area contributed by atoms with E-state index in [0.717, 1.165) is 0 Å². The minimum absolute atomic E-state index is 0.00519. The van der Waals surface area contributed by atoms with Gasteiger partial charge in [0.25, 0.3) is 0 Å². The van der Waals surface area contributed by atoms with Crippen molar-refractivity contribution in [2.24, 2.45) is 0 Å². The molecule has 17 heavy (non-hydrogen) atoms. The number of aliphatic hydroxyl groups excluding tert-OH is 1. The van der Waals surface area contributed by atoms with Crippen molar-refractivity contribution < 1.29 is 13.9 Å². The first kappa shape index (κ1) is 11.7. The van der Waals surface area contributed by atoms with Gasteiger partial charge in [-0.3, -0.25) is 4.68 Å². The summed E-state index contributed by atoms with van der Waals surface area (Å²) in [6, 6.07) is 3.73. The molecule has 0 saturated carbocycles. The molecule has 2 rings (SSSR count).